The molecule has 1 rings (SSSR count). The molecule has 0 aromatic rings. The standard InChI is InChI=1S/C9H16O3/c1-9(2,8(11)12-3)7(10)6-4-5-6/h6-7,10H,4-5H2,1-3H3. The number of rotatable bonds is 3. The van der Waals surface area contributed by atoms with Crippen molar-refractivity contribution in [2.45, 2.75) is 32.8 Å². The number of aliphatic hydroxyl groups is 1. The Hall–Kier alpha value is -0.570. The first kappa shape index (κ1) is 9.52. The number of methoxy groups -OCH3 is 1. The molecule has 0 aromatic carbocycles. The van der Waals surface area contributed by atoms with E-state index in [1.165, 1.54) is 7.11 Å². The van der Waals surface area contributed by atoms with E-state index in [1.54, 1.807) is 13.8 Å². The molecule has 0 spiro atoms. The molecular formula is C9H16O3. The first-order chi connectivity index (χ1) is 5.50. The van der Waals surface area contributed by atoms with E-state index in [0.717, 1.165) is 12.8 Å². The highest BCUT2D eigenvalue weighted by atomic mass is 16.5. The van der Waals surface area contributed by atoms with Crippen molar-refractivity contribution >= 4 is 5.97 Å². The van der Waals surface area contributed by atoms with Crippen molar-refractivity contribution in [2.75, 3.05) is 7.11 Å². The minimum Gasteiger partial charge on any atom is -0.469 e. The summed E-state index contributed by atoms with van der Waals surface area (Å²) in [6, 6.07) is 0. The average Bonchev–Trinajstić information content (AvgIpc) is 2.83. The van der Waals surface area contributed by atoms with Gasteiger partial charge in [0.05, 0.1) is 18.6 Å². The van der Waals surface area contributed by atoms with Crippen LogP contribution >= 0.6 is 0 Å². The first-order valence-corrected chi connectivity index (χ1v) is 4.26. The van der Waals surface area contributed by atoms with E-state index in [2.05, 4.69) is 4.74 Å². The zero-order valence-corrected chi connectivity index (χ0v) is 7.83. The van der Waals surface area contributed by atoms with Crippen LogP contribution in [0.2, 0.25) is 0 Å². The lowest BCUT2D eigenvalue weighted by molar-refractivity contribution is -0.158. The van der Waals surface area contributed by atoms with Crippen LogP contribution in [0.25, 0.3) is 0 Å². The minimum absolute atomic E-state index is 0.305. The zero-order chi connectivity index (χ0) is 9.35. The van der Waals surface area contributed by atoms with Gasteiger partial charge in [-0.3, -0.25) is 4.79 Å². The van der Waals surface area contributed by atoms with Gasteiger partial charge in [0.2, 0.25) is 0 Å². The van der Waals surface area contributed by atoms with Crippen molar-refractivity contribution in [1.82, 2.24) is 0 Å². The van der Waals surface area contributed by atoms with E-state index in [1.807, 2.05) is 0 Å². The maximum atomic E-state index is 11.2. The maximum Gasteiger partial charge on any atom is 0.313 e. The number of hydrogen-bond acceptors (Lipinski definition) is 3. The smallest absolute Gasteiger partial charge is 0.313 e. The Morgan fingerprint density at radius 2 is 2.08 bits per heavy atom. The minimum atomic E-state index is -0.754. The van der Waals surface area contributed by atoms with Gasteiger partial charge in [-0.15, -0.1) is 0 Å². The van der Waals surface area contributed by atoms with Gasteiger partial charge in [0.1, 0.15) is 0 Å². The number of aliphatic hydroxyl groups excluding tert-OH is 1. The van der Waals surface area contributed by atoms with Crippen LogP contribution in [0.5, 0.6) is 0 Å². The predicted octanol–water partition coefficient (Wildman–Crippen LogP) is 0.956. The molecule has 1 saturated carbocycles. The lowest BCUT2D eigenvalue weighted by atomic mass is 9.84. The van der Waals surface area contributed by atoms with Gasteiger partial charge in [-0.1, -0.05) is 0 Å². The van der Waals surface area contributed by atoms with Gasteiger partial charge in [0, 0.05) is 0 Å². The van der Waals surface area contributed by atoms with Gasteiger partial charge in [-0.25, -0.2) is 0 Å². The summed E-state index contributed by atoms with van der Waals surface area (Å²) in [4.78, 5) is 11.2. The third-order valence-corrected chi connectivity index (χ3v) is 2.52. The fraction of sp³-hybridized carbons (Fsp3) is 0.889. The fourth-order valence-corrected chi connectivity index (χ4v) is 1.39. The van der Waals surface area contributed by atoms with Gasteiger partial charge in [-0.05, 0) is 32.6 Å². The number of carbonyl (C=O) groups is 1. The Morgan fingerprint density at radius 1 is 1.58 bits per heavy atom. The van der Waals surface area contributed by atoms with Crippen LogP contribution in [0, 0.1) is 11.3 Å². The molecular weight excluding hydrogens is 156 g/mol. The summed E-state index contributed by atoms with van der Waals surface area (Å²) in [6.45, 7) is 3.45. The van der Waals surface area contributed by atoms with Gasteiger partial charge in [0.25, 0.3) is 0 Å². The molecule has 1 N–H and O–H groups in total. The van der Waals surface area contributed by atoms with Crippen LogP contribution < -0.4 is 0 Å². The predicted molar refractivity (Wildman–Crippen MR) is 44.5 cm³/mol. The SMILES string of the molecule is COC(=O)C(C)(C)C(O)C1CC1. The molecule has 1 aliphatic carbocycles. The molecule has 3 nitrogen and oxygen atoms in total. The summed E-state index contributed by atoms with van der Waals surface area (Å²) in [7, 11) is 1.35. The lowest BCUT2D eigenvalue weighted by Gasteiger charge is -2.27. The van der Waals surface area contributed by atoms with E-state index in [9.17, 15) is 9.90 Å². The quantitative estimate of drug-likeness (QED) is 0.645. The van der Waals surface area contributed by atoms with Crippen LogP contribution in [0.1, 0.15) is 26.7 Å². The monoisotopic (exact) mass is 172 g/mol. The molecule has 0 heterocycles. The summed E-state index contributed by atoms with van der Waals surface area (Å²) in [6.07, 6.45) is 1.51. The first-order valence-electron chi connectivity index (χ1n) is 4.26. The molecule has 0 aliphatic heterocycles. The third-order valence-electron chi connectivity index (χ3n) is 2.52. The molecule has 12 heavy (non-hydrogen) atoms. The van der Waals surface area contributed by atoms with Crippen LogP contribution in [-0.2, 0) is 9.53 Å². The van der Waals surface area contributed by atoms with Crippen molar-refractivity contribution in [1.29, 1.82) is 0 Å². The molecule has 1 fully saturated rings. The number of carbonyl (C=O) groups excluding carboxylic acids is 1. The highest BCUT2D eigenvalue weighted by Crippen LogP contribution is 2.40. The second-order valence-electron chi connectivity index (χ2n) is 4.00. The highest BCUT2D eigenvalue weighted by Gasteiger charge is 2.45. The molecule has 0 aromatic heterocycles. The summed E-state index contributed by atoms with van der Waals surface area (Å²) >= 11 is 0. The average molecular weight is 172 g/mol. The fourth-order valence-electron chi connectivity index (χ4n) is 1.39. The van der Waals surface area contributed by atoms with E-state index in [0.29, 0.717) is 5.92 Å². The van der Waals surface area contributed by atoms with Crippen molar-refractivity contribution in [3.63, 3.8) is 0 Å². The summed E-state index contributed by atoms with van der Waals surface area (Å²) in [5, 5.41) is 9.72. The normalized spacial score (nSPS) is 20.3. The Morgan fingerprint density at radius 3 is 2.42 bits per heavy atom. The van der Waals surface area contributed by atoms with E-state index < -0.39 is 11.5 Å². The Balaban J connectivity index is 2.61. The molecule has 0 bridgehead atoms. The topological polar surface area (TPSA) is 46.5 Å². The van der Waals surface area contributed by atoms with Crippen molar-refractivity contribution in [2.24, 2.45) is 11.3 Å². The van der Waals surface area contributed by atoms with Gasteiger partial charge in [0.15, 0.2) is 0 Å². The van der Waals surface area contributed by atoms with Crippen LogP contribution in [-0.4, -0.2) is 24.3 Å². The molecule has 70 valence electrons. The second-order valence-corrected chi connectivity index (χ2v) is 4.00. The summed E-state index contributed by atoms with van der Waals surface area (Å²) in [5.41, 5.74) is -0.754. The van der Waals surface area contributed by atoms with Crippen molar-refractivity contribution in [3.05, 3.63) is 0 Å². The van der Waals surface area contributed by atoms with Crippen LogP contribution in [0.4, 0.5) is 0 Å². The largest absolute Gasteiger partial charge is 0.469 e. The Labute approximate surface area is 72.7 Å². The van der Waals surface area contributed by atoms with Crippen LogP contribution in [0.3, 0.4) is 0 Å². The van der Waals surface area contributed by atoms with E-state index in [4.69, 9.17) is 0 Å². The maximum absolute atomic E-state index is 11.2. The van der Waals surface area contributed by atoms with Gasteiger partial charge in [-0.2, -0.15) is 0 Å². The second kappa shape index (κ2) is 3.05. The molecule has 1 atom stereocenters. The molecule has 0 saturated heterocycles. The van der Waals surface area contributed by atoms with Crippen molar-refractivity contribution < 1.29 is 14.6 Å². The van der Waals surface area contributed by atoms with E-state index >= 15 is 0 Å². The zero-order valence-electron chi connectivity index (χ0n) is 7.83. The molecule has 0 amide bonds. The van der Waals surface area contributed by atoms with Crippen LogP contribution in [0.15, 0.2) is 0 Å². The number of esters is 1. The molecule has 1 unspecified atom stereocenters. The van der Waals surface area contributed by atoms with Gasteiger partial charge >= 0.3 is 5.97 Å². The van der Waals surface area contributed by atoms with E-state index in [-0.39, 0.29) is 5.97 Å². The summed E-state index contributed by atoms with van der Waals surface area (Å²) in [5.74, 6) is -0.0269. The highest BCUT2D eigenvalue weighted by molar-refractivity contribution is 5.76. The Kier molecular flexibility index (Phi) is 2.42. The molecule has 1 aliphatic rings. The number of ether oxygens (including phenoxy) is 1. The molecule has 3 heteroatoms. The number of hydrogen-bond donors (Lipinski definition) is 1. The van der Waals surface area contributed by atoms with Crippen molar-refractivity contribution in [3.8, 4) is 0 Å². The third kappa shape index (κ3) is 1.61. The lowest BCUT2D eigenvalue weighted by Crippen LogP contribution is -2.39. The summed E-state index contributed by atoms with van der Waals surface area (Å²) < 4.78 is 4.62. The van der Waals surface area contributed by atoms with Gasteiger partial charge < -0.3 is 9.84 Å². The Bertz CT molecular complexity index is 182. The molecule has 0 radical (unpaired) electrons.